The average Bonchev–Trinajstić information content (AvgIpc) is 2.76. The zero-order chi connectivity index (χ0) is 21.8. The summed E-state index contributed by atoms with van der Waals surface area (Å²) in [6.07, 6.45) is 0. The predicted molar refractivity (Wildman–Crippen MR) is 113 cm³/mol. The van der Waals surface area contributed by atoms with Gasteiger partial charge in [0.15, 0.2) is 11.5 Å². The third kappa shape index (κ3) is 5.22. The number of rotatable bonds is 7. The first-order chi connectivity index (χ1) is 14.2. The summed E-state index contributed by atoms with van der Waals surface area (Å²) < 4.78 is 37.3. The van der Waals surface area contributed by atoms with Gasteiger partial charge in [-0.25, -0.2) is 17.9 Å². The number of nitrogens with one attached hydrogen (secondary N) is 3. The van der Waals surface area contributed by atoms with E-state index in [1.54, 1.807) is 12.1 Å². The molecule has 0 saturated carbocycles. The highest BCUT2D eigenvalue weighted by Gasteiger charge is 2.24. The van der Waals surface area contributed by atoms with Crippen LogP contribution in [0.1, 0.15) is 25.0 Å². The number of hydrogen-bond acceptors (Lipinski definition) is 5. The third-order valence-corrected chi connectivity index (χ3v) is 6.36. The first kappa shape index (κ1) is 21.9. The van der Waals surface area contributed by atoms with Crippen molar-refractivity contribution in [3.63, 3.8) is 0 Å². The molecule has 0 fully saturated rings. The average molecular weight is 434 g/mol. The van der Waals surface area contributed by atoms with Gasteiger partial charge in [-0.05, 0) is 42.4 Å². The smallest absolute Gasteiger partial charge is 0.315 e. The summed E-state index contributed by atoms with van der Waals surface area (Å²) in [5.74, 6) is 1.45. The number of hydrogen-bond donors (Lipinski definition) is 3. The minimum atomic E-state index is -3.52. The number of sulfonamides is 1. The lowest BCUT2D eigenvalue weighted by Crippen LogP contribution is -2.42. The van der Waals surface area contributed by atoms with E-state index in [9.17, 15) is 13.2 Å². The number of ether oxygens (including phenoxy) is 2. The first-order valence-corrected chi connectivity index (χ1v) is 11.1. The van der Waals surface area contributed by atoms with E-state index in [2.05, 4.69) is 15.4 Å². The Morgan fingerprint density at radius 1 is 1.03 bits per heavy atom. The molecule has 2 aromatic carbocycles. The summed E-state index contributed by atoms with van der Waals surface area (Å²) in [6, 6.07) is 11.9. The highest BCUT2D eigenvalue weighted by Crippen LogP contribution is 2.34. The molecule has 8 nitrogen and oxygen atoms in total. The Morgan fingerprint density at radius 2 is 1.77 bits per heavy atom. The highest BCUT2D eigenvalue weighted by atomic mass is 32.2. The molecule has 0 aliphatic carbocycles. The molecule has 3 N–H and O–H groups in total. The number of amides is 2. The maximum absolute atomic E-state index is 12.3. The van der Waals surface area contributed by atoms with Crippen LogP contribution in [0.25, 0.3) is 0 Å². The molecule has 9 heteroatoms. The maximum atomic E-state index is 12.3. The number of fused-ring (bicyclic) bond motifs is 1. The van der Waals surface area contributed by atoms with Gasteiger partial charge in [0.05, 0.1) is 4.90 Å². The van der Waals surface area contributed by atoms with Crippen molar-refractivity contribution in [3.8, 4) is 11.5 Å². The van der Waals surface area contributed by atoms with Crippen LogP contribution < -0.4 is 24.8 Å². The molecule has 0 spiro atoms. The maximum Gasteiger partial charge on any atom is 0.315 e. The standard InChI is InChI=1S/C21H27N3O5S/c1-21(2,16-7-8-18-19(12-16)29-10-9-28-18)14-24-20(25)23-13-15-5-4-6-17(11-15)30(26,27)22-3/h4-8,11-12,22H,9-10,13-14H2,1-3H3,(H2,23,24,25). The van der Waals surface area contributed by atoms with Gasteiger partial charge in [0.1, 0.15) is 13.2 Å². The summed E-state index contributed by atoms with van der Waals surface area (Å²) in [5.41, 5.74) is 1.39. The second-order valence-corrected chi connectivity index (χ2v) is 9.52. The van der Waals surface area contributed by atoms with E-state index in [0.29, 0.717) is 31.1 Å². The molecular formula is C21H27N3O5S. The fourth-order valence-electron chi connectivity index (χ4n) is 3.05. The summed E-state index contributed by atoms with van der Waals surface area (Å²) in [4.78, 5) is 12.4. The van der Waals surface area contributed by atoms with Crippen molar-refractivity contribution in [2.24, 2.45) is 0 Å². The molecule has 30 heavy (non-hydrogen) atoms. The molecule has 0 saturated heterocycles. The molecular weight excluding hydrogens is 406 g/mol. The van der Waals surface area contributed by atoms with Gasteiger partial charge < -0.3 is 20.1 Å². The topological polar surface area (TPSA) is 106 Å². The van der Waals surface area contributed by atoms with Crippen LogP contribution >= 0.6 is 0 Å². The lowest BCUT2D eigenvalue weighted by Gasteiger charge is -2.28. The third-order valence-electron chi connectivity index (χ3n) is 4.95. The molecule has 0 atom stereocenters. The molecule has 162 valence electrons. The molecule has 1 aliphatic heterocycles. The van der Waals surface area contributed by atoms with Gasteiger partial charge in [-0.2, -0.15) is 0 Å². The largest absolute Gasteiger partial charge is 0.486 e. The van der Waals surface area contributed by atoms with E-state index < -0.39 is 10.0 Å². The SMILES string of the molecule is CNS(=O)(=O)c1cccc(CNC(=O)NCC(C)(C)c2ccc3c(c2)OCCO3)c1. The molecule has 0 unspecified atom stereocenters. The fraction of sp³-hybridized carbons (Fsp3) is 0.381. The summed E-state index contributed by atoms with van der Waals surface area (Å²) in [6.45, 7) is 5.75. The van der Waals surface area contributed by atoms with Crippen molar-refractivity contribution in [1.29, 1.82) is 0 Å². The Morgan fingerprint density at radius 3 is 2.50 bits per heavy atom. The van der Waals surface area contributed by atoms with E-state index in [0.717, 1.165) is 11.3 Å². The minimum absolute atomic E-state index is 0.157. The van der Waals surface area contributed by atoms with E-state index in [-0.39, 0.29) is 22.9 Å². The number of carbonyl (C=O) groups excluding carboxylic acids is 1. The second-order valence-electron chi connectivity index (χ2n) is 7.63. The Hall–Kier alpha value is -2.78. The van der Waals surface area contributed by atoms with Crippen molar-refractivity contribution in [1.82, 2.24) is 15.4 Å². The highest BCUT2D eigenvalue weighted by molar-refractivity contribution is 7.89. The van der Waals surface area contributed by atoms with Crippen LogP contribution in [0.2, 0.25) is 0 Å². The fourth-order valence-corrected chi connectivity index (χ4v) is 3.85. The van der Waals surface area contributed by atoms with Crippen LogP contribution in [0, 0.1) is 0 Å². The Balaban J connectivity index is 1.56. The van der Waals surface area contributed by atoms with Crippen LogP contribution in [0.15, 0.2) is 47.4 Å². The Labute approximate surface area is 177 Å². The van der Waals surface area contributed by atoms with Gasteiger partial charge in [-0.1, -0.05) is 32.0 Å². The zero-order valence-corrected chi connectivity index (χ0v) is 18.1. The first-order valence-electron chi connectivity index (χ1n) is 9.65. The van der Waals surface area contributed by atoms with Crippen molar-refractivity contribution in [3.05, 3.63) is 53.6 Å². The van der Waals surface area contributed by atoms with E-state index >= 15 is 0 Å². The Bertz CT molecular complexity index is 1020. The quantitative estimate of drug-likeness (QED) is 0.620. The second kappa shape index (κ2) is 8.93. The van der Waals surface area contributed by atoms with Crippen molar-refractivity contribution in [2.75, 3.05) is 26.8 Å². The molecule has 2 amide bonds. The molecule has 0 aromatic heterocycles. The van der Waals surface area contributed by atoms with Gasteiger partial charge in [0.25, 0.3) is 0 Å². The van der Waals surface area contributed by atoms with Crippen molar-refractivity contribution < 1.29 is 22.7 Å². The van der Waals surface area contributed by atoms with Crippen molar-refractivity contribution in [2.45, 2.75) is 30.7 Å². The summed E-state index contributed by atoms with van der Waals surface area (Å²) in [5, 5.41) is 5.63. The molecule has 2 aromatic rings. The van der Waals surface area contributed by atoms with Crippen molar-refractivity contribution >= 4 is 16.1 Å². The van der Waals surface area contributed by atoms with Crippen LogP contribution in [0.3, 0.4) is 0 Å². The lowest BCUT2D eigenvalue weighted by molar-refractivity contribution is 0.171. The number of benzene rings is 2. The van der Waals surface area contributed by atoms with Crippen LogP contribution in [0.4, 0.5) is 4.79 Å². The van der Waals surface area contributed by atoms with Gasteiger partial charge in [-0.3, -0.25) is 0 Å². The van der Waals surface area contributed by atoms with E-state index in [1.807, 2.05) is 32.0 Å². The van der Waals surface area contributed by atoms with Crippen LogP contribution in [-0.4, -0.2) is 41.3 Å². The normalized spacial score (nSPS) is 13.6. The molecule has 0 radical (unpaired) electrons. The molecule has 3 rings (SSSR count). The molecule has 0 bridgehead atoms. The van der Waals surface area contributed by atoms with Crippen LogP contribution in [0.5, 0.6) is 11.5 Å². The van der Waals surface area contributed by atoms with Crippen LogP contribution in [-0.2, 0) is 22.0 Å². The van der Waals surface area contributed by atoms with Gasteiger partial charge in [0, 0.05) is 18.5 Å². The van der Waals surface area contributed by atoms with Gasteiger partial charge in [0.2, 0.25) is 10.0 Å². The van der Waals surface area contributed by atoms with Gasteiger partial charge in [-0.15, -0.1) is 0 Å². The monoisotopic (exact) mass is 433 g/mol. The molecule has 1 heterocycles. The minimum Gasteiger partial charge on any atom is -0.486 e. The van der Waals surface area contributed by atoms with E-state index in [1.165, 1.54) is 19.2 Å². The summed E-state index contributed by atoms with van der Waals surface area (Å²) >= 11 is 0. The van der Waals surface area contributed by atoms with E-state index in [4.69, 9.17) is 9.47 Å². The Kier molecular flexibility index (Phi) is 6.52. The predicted octanol–water partition coefficient (Wildman–Crippen LogP) is 2.14. The van der Waals surface area contributed by atoms with Gasteiger partial charge >= 0.3 is 6.03 Å². The number of urea groups is 1. The lowest BCUT2D eigenvalue weighted by atomic mass is 9.84. The number of carbonyl (C=O) groups is 1. The molecule has 1 aliphatic rings. The zero-order valence-electron chi connectivity index (χ0n) is 17.3. The summed E-state index contributed by atoms with van der Waals surface area (Å²) in [7, 11) is -2.17.